The number of aryl methyl sites for hydroxylation is 4. The molecule has 3 aromatic rings. The smallest absolute Gasteiger partial charge is 0.249 e. The molecule has 10 heteroatoms. The Labute approximate surface area is 205 Å². The van der Waals surface area contributed by atoms with Crippen LogP contribution < -0.4 is 10.6 Å². The highest BCUT2D eigenvalue weighted by atomic mass is 32.2. The molecule has 0 unspecified atom stereocenters. The minimum Gasteiger partial charge on any atom is -0.360 e. The molecular weight excluding hydrogens is 468 g/mol. The number of benzene rings is 2. The van der Waals surface area contributed by atoms with Crippen molar-refractivity contribution in [3.8, 4) is 0 Å². The largest absolute Gasteiger partial charge is 0.360 e. The van der Waals surface area contributed by atoms with Crippen LogP contribution in [-0.2, 0) is 32.5 Å². The highest BCUT2D eigenvalue weighted by Crippen LogP contribution is 2.24. The van der Waals surface area contributed by atoms with Crippen molar-refractivity contribution in [3.05, 3.63) is 71.1 Å². The van der Waals surface area contributed by atoms with Gasteiger partial charge in [-0.25, -0.2) is 8.42 Å². The fraction of sp³-hybridized carbons (Fsp3) is 0.320. The summed E-state index contributed by atoms with van der Waals surface area (Å²) < 4.78 is 32.9. The molecule has 0 spiro atoms. The molecular formula is C25H30N4O5S. The van der Waals surface area contributed by atoms with Crippen LogP contribution in [0.1, 0.15) is 36.4 Å². The molecule has 0 aliphatic heterocycles. The maximum absolute atomic E-state index is 13.5. The molecule has 0 fully saturated rings. The van der Waals surface area contributed by atoms with E-state index in [1.165, 1.54) is 13.8 Å². The topological polar surface area (TPSA) is 122 Å². The summed E-state index contributed by atoms with van der Waals surface area (Å²) in [5.74, 6) is -1.05. The number of carbonyl (C=O) groups is 2. The number of para-hydroxylation sites is 2. The van der Waals surface area contributed by atoms with Crippen LogP contribution in [0.4, 0.5) is 11.4 Å². The van der Waals surface area contributed by atoms with E-state index in [4.69, 9.17) is 4.52 Å². The fourth-order valence-electron chi connectivity index (χ4n) is 3.80. The Balaban J connectivity index is 1.88. The molecule has 2 aromatic carbocycles. The lowest BCUT2D eigenvalue weighted by molar-refractivity contribution is -0.118. The van der Waals surface area contributed by atoms with E-state index >= 15 is 0 Å². The second kappa shape index (κ2) is 11.3. The first kappa shape index (κ1) is 26.1. The Morgan fingerprint density at radius 1 is 0.857 bits per heavy atom. The van der Waals surface area contributed by atoms with Gasteiger partial charge in [0.1, 0.15) is 10.6 Å². The van der Waals surface area contributed by atoms with Gasteiger partial charge in [0.15, 0.2) is 5.76 Å². The summed E-state index contributed by atoms with van der Waals surface area (Å²) in [5.41, 5.74) is 3.16. The molecule has 0 aliphatic rings. The zero-order chi connectivity index (χ0) is 25.6. The van der Waals surface area contributed by atoms with Crippen molar-refractivity contribution in [1.82, 2.24) is 9.46 Å². The summed E-state index contributed by atoms with van der Waals surface area (Å²) in [5, 5.41) is 9.25. The van der Waals surface area contributed by atoms with Crippen molar-refractivity contribution in [2.45, 2.75) is 45.4 Å². The van der Waals surface area contributed by atoms with E-state index < -0.39 is 34.9 Å². The molecule has 0 radical (unpaired) electrons. The molecule has 0 bridgehead atoms. The van der Waals surface area contributed by atoms with Gasteiger partial charge in [0.25, 0.3) is 0 Å². The van der Waals surface area contributed by atoms with E-state index in [2.05, 4.69) is 15.8 Å². The van der Waals surface area contributed by atoms with Crippen molar-refractivity contribution in [2.24, 2.45) is 0 Å². The standard InChI is InChI=1S/C25H30N4O5S/c1-5-19-11-7-9-13-21(19)26-23(30)15-29(35(32,33)25-17(3)28-34-18(25)4)16-24(31)27-22-14-10-8-12-20(22)6-2/h7-14H,5-6,15-16H2,1-4H3,(H,26,30)(H,27,31). The van der Waals surface area contributed by atoms with Gasteiger partial charge in [0.05, 0.1) is 13.1 Å². The van der Waals surface area contributed by atoms with E-state index in [0.717, 1.165) is 15.4 Å². The predicted molar refractivity (Wildman–Crippen MR) is 134 cm³/mol. The number of anilines is 2. The van der Waals surface area contributed by atoms with Crippen LogP contribution in [0.2, 0.25) is 0 Å². The third kappa shape index (κ3) is 6.14. The SMILES string of the molecule is CCc1ccccc1NC(=O)CN(CC(=O)Nc1ccccc1CC)S(=O)(=O)c1c(C)noc1C. The van der Waals surface area contributed by atoms with Gasteiger partial charge in [-0.2, -0.15) is 4.31 Å². The summed E-state index contributed by atoms with van der Waals surface area (Å²) in [6.45, 7) is 5.76. The van der Waals surface area contributed by atoms with Gasteiger partial charge in [0.2, 0.25) is 21.8 Å². The summed E-state index contributed by atoms with van der Waals surface area (Å²) in [7, 11) is -4.27. The number of carbonyl (C=O) groups excluding carboxylic acids is 2. The monoisotopic (exact) mass is 498 g/mol. The van der Waals surface area contributed by atoms with Gasteiger partial charge in [-0.1, -0.05) is 55.4 Å². The second-order valence-corrected chi connectivity index (χ2v) is 9.92. The molecule has 0 saturated heterocycles. The highest BCUT2D eigenvalue weighted by molar-refractivity contribution is 7.89. The maximum atomic E-state index is 13.5. The highest BCUT2D eigenvalue weighted by Gasteiger charge is 2.34. The van der Waals surface area contributed by atoms with Gasteiger partial charge < -0.3 is 15.2 Å². The lowest BCUT2D eigenvalue weighted by Crippen LogP contribution is -2.43. The number of rotatable bonds is 10. The molecule has 0 aliphatic carbocycles. The molecule has 2 amide bonds. The average molecular weight is 499 g/mol. The normalized spacial score (nSPS) is 11.5. The van der Waals surface area contributed by atoms with Crippen molar-refractivity contribution in [3.63, 3.8) is 0 Å². The van der Waals surface area contributed by atoms with Gasteiger partial charge in [0, 0.05) is 11.4 Å². The third-order valence-corrected chi connectivity index (χ3v) is 7.59. The van der Waals surface area contributed by atoms with Crippen LogP contribution >= 0.6 is 0 Å². The Morgan fingerprint density at radius 3 is 1.71 bits per heavy atom. The summed E-state index contributed by atoms with van der Waals surface area (Å²) in [6.07, 6.45) is 1.38. The molecule has 0 atom stereocenters. The lowest BCUT2D eigenvalue weighted by Gasteiger charge is -2.22. The van der Waals surface area contributed by atoms with Gasteiger partial charge in [-0.15, -0.1) is 0 Å². The third-order valence-electron chi connectivity index (χ3n) is 5.55. The number of hydrogen-bond donors (Lipinski definition) is 2. The lowest BCUT2D eigenvalue weighted by atomic mass is 10.1. The molecule has 3 rings (SSSR count). The summed E-state index contributed by atoms with van der Waals surface area (Å²) in [4.78, 5) is 25.7. The minimum atomic E-state index is -4.27. The quantitative estimate of drug-likeness (QED) is 0.440. The maximum Gasteiger partial charge on any atom is 0.249 e. The van der Waals surface area contributed by atoms with E-state index in [1.54, 1.807) is 24.3 Å². The van der Waals surface area contributed by atoms with Crippen molar-refractivity contribution in [1.29, 1.82) is 0 Å². The van der Waals surface area contributed by atoms with E-state index in [-0.39, 0.29) is 16.3 Å². The zero-order valence-electron chi connectivity index (χ0n) is 20.3. The molecule has 186 valence electrons. The zero-order valence-corrected chi connectivity index (χ0v) is 21.1. The molecule has 1 heterocycles. The minimum absolute atomic E-state index is 0.0842. The number of nitrogens with zero attached hydrogens (tertiary/aromatic N) is 2. The summed E-state index contributed by atoms with van der Waals surface area (Å²) >= 11 is 0. The van der Waals surface area contributed by atoms with Crippen LogP contribution in [0.25, 0.3) is 0 Å². The van der Waals surface area contributed by atoms with E-state index in [9.17, 15) is 18.0 Å². The Bertz CT molecular complexity index is 1230. The Hall–Kier alpha value is -3.50. The van der Waals surface area contributed by atoms with Crippen molar-refractivity contribution >= 4 is 33.2 Å². The van der Waals surface area contributed by atoms with Gasteiger partial charge in [-0.3, -0.25) is 9.59 Å². The van der Waals surface area contributed by atoms with Gasteiger partial charge >= 0.3 is 0 Å². The van der Waals surface area contributed by atoms with Gasteiger partial charge in [-0.05, 0) is 49.9 Å². The van der Waals surface area contributed by atoms with E-state index in [1.807, 2.05) is 38.1 Å². The Morgan fingerprint density at radius 2 is 1.31 bits per heavy atom. The molecule has 35 heavy (non-hydrogen) atoms. The number of amides is 2. The van der Waals surface area contributed by atoms with Crippen molar-refractivity contribution in [2.75, 3.05) is 23.7 Å². The first-order valence-corrected chi connectivity index (χ1v) is 12.8. The van der Waals surface area contributed by atoms with E-state index in [0.29, 0.717) is 24.2 Å². The van der Waals surface area contributed by atoms with Crippen LogP contribution in [0.3, 0.4) is 0 Å². The summed E-state index contributed by atoms with van der Waals surface area (Å²) in [6, 6.07) is 14.6. The predicted octanol–water partition coefficient (Wildman–Crippen LogP) is 3.68. The van der Waals surface area contributed by atoms with Crippen LogP contribution in [0.15, 0.2) is 57.9 Å². The van der Waals surface area contributed by atoms with Crippen molar-refractivity contribution < 1.29 is 22.5 Å². The molecule has 9 nitrogen and oxygen atoms in total. The molecule has 0 saturated carbocycles. The Kier molecular flexibility index (Phi) is 8.42. The first-order chi connectivity index (χ1) is 16.7. The molecule has 1 aromatic heterocycles. The average Bonchev–Trinajstić information content (AvgIpc) is 3.17. The number of nitrogens with one attached hydrogen (secondary N) is 2. The van der Waals surface area contributed by atoms with Crippen LogP contribution in [0.5, 0.6) is 0 Å². The number of aromatic nitrogens is 1. The first-order valence-electron chi connectivity index (χ1n) is 11.4. The fourth-order valence-corrected chi connectivity index (χ4v) is 5.44. The van der Waals surface area contributed by atoms with Crippen LogP contribution in [-0.4, -0.2) is 42.8 Å². The number of sulfonamides is 1. The second-order valence-electron chi connectivity index (χ2n) is 8.04. The molecule has 2 N–H and O–H groups in total. The van der Waals surface area contributed by atoms with Crippen LogP contribution in [0, 0.1) is 13.8 Å². The number of hydrogen-bond acceptors (Lipinski definition) is 6.